The first-order valence-corrected chi connectivity index (χ1v) is 6.42. The number of furan rings is 1. The van der Waals surface area contributed by atoms with Crippen LogP contribution in [0.2, 0.25) is 0 Å². The fourth-order valence-electron chi connectivity index (χ4n) is 2.79. The number of allylic oxidation sites excluding steroid dienone is 1. The number of aryl methyl sites for hydroxylation is 1. The molecular weight excluding hydrogens is 212 g/mol. The van der Waals surface area contributed by atoms with Crippen molar-refractivity contribution in [2.75, 3.05) is 7.11 Å². The molecule has 1 aliphatic rings. The van der Waals surface area contributed by atoms with Crippen LogP contribution >= 0.6 is 0 Å². The van der Waals surface area contributed by atoms with Crippen molar-refractivity contribution < 1.29 is 9.15 Å². The van der Waals surface area contributed by atoms with Gasteiger partial charge in [0.2, 0.25) is 0 Å². The monoisotopic (exact) mass is 234 g/mol. The van der Waals surface area contributed by atoms with Crippen LogP contribution in [0.3, 0.4) is 0 Å². The molecule has 1 aliphatic carbocycles. The lowest BCUT2D eigenvalue weighted by molar-refractivity contribution is 0.258. The Morgan fingerprint density at radius 3 is 3.06 bits per heavy atom. The minimum atomic E-state index is 0.527. The summed E-state index contributed by atoms with van der Waals surface area (Å²) in [5.74, 6) is 3.30. The zero-order valence-corrected chi connectivity index (χ0v) is 11.1. The molecule has 0 aliphatic heterocycles. The lowest BCUT2D eigenvalue weighted by Crippen LogP contribution is -2.17. The van der Waals surface area contributed by atoms with Gasteiger partial charge in [0.05, 0.1) is 19.1 Å². The molecule has 0 unspecified atom stereocenters. The van der Waals surface area contributed by atoms with Crippen LogP contribution < -0.4 is 0 Å². The van der Waals surface area contributed by atoms with Gasteiger partial charge >= 0.3 is 0 Å². The van der Waals surface area contributed by atoms with Gasteiger partial charge in [-0.25, -0.2) is 0 Å². The molecule has 0 radical (unpaired) electrons. The minimum Gasteiger partial charge on any atom is -0.502 e. The maximum Gasteiger partial charge on any atom is 0.110 e. The van der Waals surface area contributed by atoms with Crippen molar-refractivity contribution in [3.8, 4) is 0 Å². The van der Waals surface area contributed by atoms with Crippen molar-refractivity contribution in [3.63, 3.8) is 0 Å². The van der Waals surface area contributed by atoms with Crippen LogP contribution in [0.5, 0.6) is 0 Å². The molecule has 0 bridgehead atoms. The summed E-state index contributed by atoms with van der Waals surface area (Å²) in [6.45, 7) is 8.35. The molecule has 2 atom stereocenters. The van der Waals surface area contributed by atoms with Gasteiger partial charge in [-0.05, 0) is 43.2 Å². The fraction of sp³-hybridized carbons (Fsp3) is 0.600. The zero-order chi connectivity index (χ0) is 12.4. The highest BCUT2D eigenvalue weighted by Crippen LogP contribution is 2.41. The molecule has 1 heterocycles. The minimum absolute atomic E-state index is 0.527. The lowest BCUT2D eigenvalue weighted by Gasteiger charge is -2.28. The van der Waals surface area contributed by atoms with E-state index in [0.717, 1.165) is 18.6 Å². The van der Waals surface area contributed by atoms with Crippen LogP contribution in [0.1, 0.15) is 49.0 Å². The largest absolute Gasteiger partial charge is 0.502 e. The van der Waals surface area contributed by atoms with Crippen LogP contribution in [-0.4, -0.2) is 7.11 Å². The summed E-state index contributed by atoms with van der Waals surface area (Å²) in [5.41, 5.74) is 2.75. The van der Waals surface area contributed by atoms with E-state index in [2.05, 4.69) is 20.4 Å². The first-order valence-electron chi connectivity index (χ1n) is 6.42. The summed E-state index contributed by atoms with van der Waals surface area (Å²) in [4.78, 5) is 0. The predicted molar refractivity (Wildman–Crippen MR) is 69.1 cm³/mol. The molecule has 94 valence electrons. The molecule has 0 aromatic carbocycles. The van der Waals surface area contributed by atoms with E-state index in [4.69, 9.17) is 9.15 Å². The summed E-state index contributed by atoms with van der Waals surface area (Å²) in [7, 11) is 1.69. The van der Waals surface area contributed by atoms with Gasteiger partial charge in [0.1, 0.15) is 5.76 Å². The van der Waals surface area contributed by atoms with E-state index in [0.29, 0.717) is 11.8 Å². The highest BCUT2D eigenvalue weighted by atomic mass is 16.5. The summed E-state index contributed by atoms with van der Waals surface area (Å²) in [5, 5.41) is 0. The Labute approximate surface area is 104 Å². The second-order valence-electron chi connectivity index (χ2n) is 5.17. The van der Waals surface area contributed by atoms with Crippen LogP contribution in [0.4, 0.5) is 0 Å². The third-order valence-corrected chi connectivity index (χ3v) is 4.03. The molecular formula is C15H22O2. The molecule has 1 aromatic rings. The number of fused-ring (bicyclic) bond motifs is 1. The SMILES string of the molecule is C=C(CC[C@@H]1c2occ(C)c2CC[C@H]1C)OC. The van der Waals surface area contributed by atoms with Gasteiger partial charge in [0, 0.05) is 12.3 Å². The van der Waals surface area contributed by atoms with Gasteiger partial charge < -0.3 is 9.15 Å². The van der Waals surface area contributed by atoms with E-state index in [-0.39, 0.29) is 0 Å². The first-order chi connectivity index (χ1) is 8.13. The second-order valence-corrected chi connectivity index (χ2v) is 5.17. The van der Waals surface area contributed by atoms with Gasteiger partial charge in [-0.2, -0.15) is 0 Å². The summed E-state index contributed by atoms with van der Waals surface area (Å²) in [6.07, 6.45) is 6.33. The number of methoxy groups -OCH3 is 1. The first kappa shape index (κ1) is 12.3. The maximum absolute atomic E-state index is 5.77. The van der Waals surface area contributed by atoms with Gasteiger partial charge in [-0.15, -0.1) is 0 Å². The maximum atomic E-state index is 5.77. The van der Waals surface area contributed by atoms with Gasteiger partial charge in [0.15, 0.2) is 0 Å². The highest BCUT2D eigenvalue weighted by Gasteiger charge is 2.30. The number of hydrogen-bond acceptors (Lipinski definition) is 2. The van der Waals surface area contributed by atoms with Crippen molar-refractivity contribution in [2.45, 2.75) is 45.4 Å². The van der Waals surface area contributed by atoms with Crippen molar-refractivity contribution in [3.05, 3.63) is 35.5 Å². The van der Waals surface area contributed by atoms with E-state index >= 15 is 0 Å². The number of ether oxygens (including phenoxy) is 1. The molecule has 2 nitrogen and oxygen atoms in total. The Bertz CT molecular complexity index is 403. The molecule has 17 heavy (non-hydrogen) atoms. The summed E-state index contributed by atoms with van der Waals surface area (Å²) >= 11 is 0. The van der Waals surface area contributed by atoms with Gasteiger partial charge in [0.25, 0.3) is 0 Å². The quantitative estimate of drug-likeness (QED) is 0.729. The van der Waals surface area contributed by atoms with E-state index in [1.165, 1.54) is 29.7 Å². The smallest absolute Gasteiger partial charge is 0.110 e. The zero-order valence-electron chi connectivity index (χ0n) is 11.1. The van der Waals surface area contributed by atoms with Crippen molar-refractivity contribution >= 4 is 0 Å². The molecule has 2 heteroatoms. The van der Waals surface area contributed by atoms with E-state index in [1.54, 1.807) is 7.11 Å². The topological polar surface area (TPSA) is 22.4 Å². The average Bonchev–Trinajstić information content (AvgIpc) is 2.69. The Morgan fingerprint density at radius 1 is 1.59 bits per heavy atom. The summed E-state index contributed by atoms with van der Waals surface area (Å²) in [6, 6.07) is 0. The lowest BCUT2D eigenvalue weighted by atomic mass is 9.77. The van der Waals surface area contributed by atoms with Gasteiger partial charge in [-0.1, -0.05) is 13.5 Å². The molecule has 0 saturated heterocycles. The molecule has 0 amide bonds. The third kappa shape index (κ3) is 2.41. The fourth-order valence-corrected chi connectivity index (χ4v) is 2.79. The Hall–Kier alpha value is -1.18. The van der Waals surface area contributed by atoms with Crippen molar-refractivity contribution in [2.24, 2.45) is 5.92 Å². The Balaban J connectivity index is 2.12. The average molecular weight is 234 g/mol. The third-order valence-electron chi connectivity index (χ3n) is 4.03. The highest BCUT2D eigenvalue weighted by molar-refractivity contribution is 5.32. The molecule has 0 spiro atoms. The Kier molecular flexibility index (Phi) is 3.60. The molecule has 1 aromatic heterocycles. The number of hydrogen-bond donors (Lipinski definition) is 0. The van der Waals surface area contributed by atoms with E-state index in [9.17, 15) is 0 Å². The van der Waals surface area contributed by atoms with E-state index < -0.39 is 0 Å². The van der Waals surface area contributed by atoms with Gasteiger partial charge in [-0.3, -0.25) is 0 Å². The van der Waals surface area contributed by atoms with Crippen LogP contribution in [-0.2, 0) is 11.2 Å². The predicted octanol–water partition coefficient (Wildman–Crippen LogP) is 4.19. The molecule has 0 saturated carbocycles. The molecule has 0 fully saturated rings. The van der Waals surface area contributed by atoms with Crippen molar-refractivity contribution in [1.82, 2.24) is 0 Å². The second kappa shape index (κ2) is 4.99. The van der Waals surface area contributed by atoms with Crippen LogP contribution in [0, 0.1) is 12.8 Å². The standard InChI is InChI=1S/C15H22O2/c1-10-5-7-14-11(2)9-17-15(14)13(10)8-6-12(3)16-4/h9-10,13H,3,5-8H2,1-2,4H3/t10-,13+/m1/s1. The van der Waals surface area contributed by atoms with E-state index in [1.807, 2.05) is 6.26 Å². The van der Waals surface area contributed by atoms with Crippen molar-refractivity contribution in [1.29, 1.82) is 0 Å². The molecule has 0 N–H and O–H groups in total. The summed E-state index contributed by atoms with van der Waals surface area (Å²) < 4.78 is 10.9. The van der Waals surface area contributed by atoms with Crippen LogP contribution in [0.25, 0.3) is 0 Å². The molecule has 2 rings (SSSR count). The number of rotatable bonds is 4. The Morgan fingerprint density at radius 2 is 2.35 bits per heavy atom. The normalized spacial score (nSPS) is 23.2. The van der Waals surface area contributed by atoms with Crippen LogP contribution in [0.15, 0.2) is 23.0 Å².